The molecule has 14 rings (SSSR count). The van der Waals surface area contributed by atoms with Crippen molar-refractivity contribution in [2.75, 3.05) is 0 Å². The van der Waals surface area contributed by atoms with E-state index in [4.69, 9.17) is 9.72 Å². The maximum atomic E-state index is 10.2. The molecule has 0 unspecified atom stereocenters. The van der Waals surface area contributed by atoms with Gasteiger partial charge in [-0.15, -0.1) is 0 Å². The van der Waals surface area contributed by atoms with E-state index in [2.05, 4.69) is 220 Å². The van der Waals surface area contributed by atoms with E-state index in [0.29, 0.717) is 17.1 Å². The first-order chi connectivity index (χ1) is 34.5. The monoisotopic (exact) mass is 1080 g/mol. The smallest absolute Gasteiger partial charge is 0.0621 e. The van der Waals surface area contributed by atoms with Crippen molar-refractivity contribution in [2.45, 2.75) is 6.92 Å². The molecule has 0 fully saturated rings. The molecule has 70 heavy (non-hydrogen) atoms. The zero-order valence-corrected chi connectivity index (χ0v) is 39.7. The van der Waals surface area contributed by atoms with Gasteiger partial charge in [0, 0.05) is 27.7 Å². The topological polar surface area (TPSA) is 65.1 Å². The molecule has 7 nitrogen and oxygen atoms in total. The molecule has 0 saturated carbocycles. The van der Waals surface area contributed by atoms with Crippen LogP contribution >= 0.6 is 0 Å². The fraction of sp³-hybridized carbons (Fsp3) is 0.0161. The van der Waals surface area contributed by atoms with Crippen LogP contribution in [0.1, 0.15) is 11.1 Å². The normalized spacial score (nSPS) is 11.9. The molecule has 5 heterocycles. The summed E-state index contributed by atoms with van der Waals surface area (Å²) in [5.74, 6) is 1.91. The quantitative estimate of drug-likeness (QED) is 0.149. The van der Waals surface area contributed by atoms with Gasteiger partial charge < -0.3 is 4.40 Å². The van der Waals surface area contributed by atoms with Crippen LogP contribution in [0.3, 0.4) is 0 Å². The molecule has 332 valence electrons. The average molecular weight is 1080 g/mol. The molecule has 0 spiro atoms. The summed E-state index contributed by atoms with van der Waals surface area (Å²) in [6.07, 6.45) is 1.86. The van der Waals surface area contributed by atoms with Gasteiger partial charge in [-0.3, -0.25) is 0 Å². The van der Waals surface area contributed by atoms with Crippen LogP contribution in [-0.4, -0.2) is 23.1 Å². The van der Waals surface area contributed by atoms with Gasteiger partial charge in [0.25, 0.3) is 0 Å². The molecule has 0 aliphatic heterocycles. The summed E-state index contributed by atoms with van der Waals surface area (Å²) >= 11 is 2.47. The first kappa shape index (κ1) is 40.3. The van der Waals surface area contributed by atoms with Crippen LogP contribution in [0.4, 0.5) is 0 Å². The van der Waals surface area contributed by atoms with Gasteiger partial charge in [0.05, 0.1) is 28.2 Å². The fourth-order valence-corrected chi connectivity index (χ4v) is 11.8. The number of pyridine rings is 1. The third-order valence-corrected chi connectivity index (χ3v) is 14.7. The summed E-state index contributed by atoms with van der Waals surface area (Å²) in [7, 11) is 0. The number of imidazole rings is 1. The van der Waals surface area contributed by atoms with Crippen molar-refractivity contribution in [3.8, 4) is 57.0 Å². The third kappa shape index (κ3) is 6.04. The van der Waals surface area contributed by atoms with Crippen LogP contribution in [0.2, 0.25) is 0 Å². The first-order valence-corrected chi connectivity index (χ1v) is 24.2. The molecule has 0 amide bonds. The van der Waals surface area contributed by atoms with Crippen LogP contribution in [0.5, 0.6) is 11.5 Å². The van der Waals surface area contributed by atoms with Crippen molar-refractivity contribution in [3.63, 3.8) is 0 Å². The van der Waals surface area contributed by atoms with Crippen LogP contribution in [0.15, 0.2) is 200 Å². The van der Waals surface area contributed by atoms with Crippen molar-refractivity contribution in [3.05, 3.63) is 227 Å². The molecule has 5 aromatic heterocycles. The molecule has 8 heteroatoms. The number of aromatic nitrogens is 5. The molecule has 0 saturated heterocycles. The summed E-state index contributed by atoms with van der Waals surface area (Å²) in [5, 5.41) is 16.6. The van der Waals surface area contributed by atoms with Gasteiger partial charge in [0.2, 0.25) is 0 Å². The van der Waals surface area contributed by atoms with E-state index >= 15 is 0 Å². The number of fused-ring (bicyclic) bond motifs is 10. The van der Waals surface area contributed by atoms with Gasteiger partial charge in [0.15, 0.2) is 0 Å². The van der Waals surface area contributed by atoms with E-state index < -0.39 is 0 Å². The molecular weight excluding hydrogens is 1040 g/mol. The average Bonchev–Trinajstić information content (AvgIpc) is 4.11. The van der Waals surface area contributed by atoms with E-state index in [1.807, 2.05) is 42.6 Å². The standard InChI is InChI=1S/C62H36N6O.Pt/c1-39-28-29-64-60(30-39)67-57-34-45(26-27-49(57)50-35-51-53-32-40(37-63)31-52-48-20-8-9-23-54(48)68(62(52)53)59(51)36-58(50)67)69-44-19-12-18-43(33-44)65-38-66(56-25-11-10-24-55(56)65)61-46(41-14-4-2-5-15-41)21-13-22-47(61)42-16-6-3-7-17-42;/h2-32,35-36H,1H3;/q-2;. The Kier molecular flexibility index (Phi) is 8.98. The number of para-hydroxylation sites is 4. The van der Waals surface area contributed by atoms with Gasteiger partial charge in [0.1, 0.15) is 0 Å². The minimum absolute atomic E-state index is 0.554. The van der Waals surface area contributed by atoms with E-state index in [1.165, 1.54) is 0 Å². The molecule has 0 aliphatic carbocycles. The second kappa shape index (κ2) is 15.6. The van der Waals surface area contributed by atoms with Crippen molar-refractivity contribution in [1.29, 1.82) is 5.26 Å². The zero-order valence-electron chi connectivity index (χ0n) is 37.5. The number of hydrogen-bond donors (Lipinski definition) is 0. The van der Waals surface area contributed by atoms with Crippen molar-refractivity contribution >= 4 is 70.9 Å². The Morgan fingerprint density at radius 2 is 1.16 bits per heavy atom. The van der Waals surface area contributed by atoms with Gasteiger partial charge in [-0.1, -0.05) is 18.2 Å². The van der Waals surface area contributed by atoms with Crippen molar-refractivity contribution in [1.82, 2.24) is 23.1 Å². The second-order valence-corrected chi connectivity index (χ2v) is 18.7. The zero-order chi connectivity index (χ0) is 46.6. The second-order valence-electron chi connectivity index (χ2n) is 17.7. The predicted molar refractivity (Wildman–Crippen MR) is 277 cm³/mol. The SMILES string of the molecule is Cc1ccnc(-n2c3[c-]c(Oc4[c-]c(-n5[c](=[Pt])n(-c6c(-c7ccccc7)cccc6-c6ccccc6)c6ccccc65)ccc4)ccc3c3cc4c5cc(C#N)cc6c7ccccc7n(c4cc32)c65)c1. The summed E-state index contributed by atoms with van der Waals surface area (Å²) in [6, 6.07) is 77.5. The Balaban J connectivity index is 0.933. The van der Waals surface area contributed by atoms with Crippen molar-refractivity contribution < 1.29 is 24.1 Å². The van der Waals surface area contributed by atoms with Crippen LogP contribution < -0.4 is 4.74 Å². The Hall–Kier alpha value is -8.82. The van der Waals surface area contributed by atoms with Gasteiger partial charge in [-0.05, 0) is 36.8 Å². The number of benzene rings is 9. The van der Waals surface area contributed by atoms with Crippen LogP contribution in [0, 0.1) is 34.2 Å². The number of nitriles is 1. The predicted octanol–water partition coefficient (Wildman–Crippen LogP) is 15.0. The summed E-state index contributed by atoms with van der Waals surface area (Å²) < 4.78 is 17.0. The van der Waals surface area contributed by atoms with Gasteiger partial charge in [-0.25, -0.2) is 0 Å². The Bertz CT molecular complexity index is 4500. The number of nitrogens with zero attached hydrogens (tertiary/aromatic N) is 6. The number of aryl methyl sites for hydroxylation is 1. The molecule has 0 atom stereocenters. The molecular formula is C62H36N6OPt-2. The molecule has 0 radical (unpaired) electrons. The first-order valence-electron chi connectivity index (χ1n) is 23.1. The molecule has 14 aromatic rings. The van der Waals surface area contributed by atoms with Crippen molar-refractivity contribution in [2.24, 2.45) is 0 Å². The van der Waals surface area contributed by atoms with E-state index in [1.54, 1.807) is 0 Å². The van der Waals surface area contributed by atoms with E-state index in [9.17, 15) is 5.26 Å². The van der Waals surface area contributed by atoms with E-state index in [-0.39, 0.29) is 0 Å². The molecule has 0 aliphatic rings. The summed E-state index contributed by atoms with van der Waals surface area (Å²) in [5.41, 5.74) is 15.5. The van der Waals surface area contributed by atoms with Gasteiger partial charge in [-0.2, -0.15) is 5.26 Å². The van der Waals surface area contributed by atoms with Crippen LogP contribution in [0.25, 0.3) is 110 Å². The minimum atomic E-state index is 0.554. The number of ether oxygens (including phenoxy) is 1. The van der Waals surface area contributed by atoms with Crippen LogP contribution in [-0.2, 0) is 19.4 Å². The Morgan fingerprint density at radius 1 is 0.514 bits per heavy atom. The fourth-order valence-electron chi connectivity index (χ4n) is 10.7. The molecule has 0 N–H and O–H groups in total. The number of rotatable bonds is 7. The van der Waals surface area contributed by atoms with E-state index in [0.717, 1.165) is 120 Å². The Morgan fingerprint density at radius 3 is 1.89 bits per heavy atom. The maximum absolute atomic E-state index is 10.2. The minimum Gasteiger partial charge on any atom is 0.0621 e. The molecule has 9 aromatic carbocycles. The Labute approximate surface area is 412 Å². The van der Waals surface area contributed by atoms with Gasteiger partial charge >= 0.3 is 294 Å². The summed E-state index contributed by atoms with van der Waals surface area (Å²) in [6.45, 7) is 2.09. The summed E-state index contributed by atoms with van der Waals surface area (Å²) in [4.78, 5) is 4.93. The number of hydrogen-bond acceptors (Lipinski definition) is 3. The third-order valence-electron chi connectivity index (χ3n) is 13.7. The molecule has 0 bridgehead atoms.